The normalized spacial score (nSPS) is 18.2. The number of alkyl halides is 3. The molecule has 3 nitrogen and oxygen atoms in total. The Kier molecular flexibility index (Phi) is 4.80. The fourth-order valence-electron chi connectivity index (χ4n) is 2.62. The van der Waals surface area contributed by atoms with E-state index in [9.17, 15) is 17.6 Å². The minimum absolute atomic E-state index is 0.177. The summed E-state index contributed by atoms with van der Waals surface area (Å²) in [7, 11) is 0. The van der Waals surface area contributed by atoms with Crippen LogP contribution in [0.2, 0.25) is 0 Å². The van der Waals surface area contributed by atoms with Crippen LogP contribution < -0.4 is 5.32 Å². The van der Waals surface area contributed by atoms with Crippen LogP contribution in [-0.2, 0) is 6.18 Å². The molecule has 2 rings (SSSR count). The van der Waals surface area contributed by atoms with E-state index in [0.717, 1.165) is 18.2 Å². The van der Waals surface area contributed by atoms with Crippen molar-refractivity contribution in [1.29, 1.82) is 5.26 Å². The largest absolute Gasteiger partial charge is 0.416 e. The summed E-state index contributed by atoms with van der Waals surface area (Å²) in [4.78, 5) is 1.73. The maximum absolute atomic E-state index is 14.1. The zero-order chi connectivity index (χ0) is 15.5. The molecule has 0 saturated carbocycles. The minimum Gasteiger partial charge on any atom is -0.314 e. The molecule has 1 fully saturated rings. The van der Waals surface area contributed by atoms with Crippen molar-refractivity contribution in [3.8, 4) is 6.07 Å². The van der Waals surface area contributed by atoms with Crippen LogP contribution in [0, 0.1) is 17.1 Å². The van der Waals surface area contributed by atoms with Gasteiger partial charge in [0.2, 0.25) is 0 Å². The first-order valence-electron chi connectivity index (χ1n) is 6.62. The molecule has 1 aliphatic rings. The van der Waals surface area contributed by atoms with Crippen molar-refractivity contribution in [3.63, 3.8) is 0 Å². The Balaban J connectivity index is 2.47. The molecule has 1 saturated heterocycles. The lowest BCUT2D eigenvalue weighted by Crippen LogP contribution is -2.45. The van der Waals surface area contributed by atoms with Gasteiger partial charge in [-0.3, -0.25) is 4.90 Å². The lowest BCUT2D eigenvalue weighted by atomic mass is 9.95. The van der Waals surface area contributed by atoms with Crippen molar-refractivity contribution >= 4 is 0 Å². The number of benzene rings is 1. The maximum atomic E-state index is 14.1. The Morgan fingerprint density at radius 2 is 1.95 bits per heavy atom. The van der Waals surface area contributed by atoms with Crippen LogP contribution in [0.15, 0.2) is 18.2 Å². The van der Waals surface area contributed by atoms with Crippen molar-refractivity contribution in [2.24, 2.45) is 0 Å². The van der Waals surface area contributed by atoms with Crippen LogP contribution >= 0.6 is 0 Å². The fourth-order valence-corrected chi connectivity index (χ4v) is 2.62. The molecular weight excluding hydrogens is 286 g/mol. The molecule has 7 heteroatoms. The molecule has 0 amide bonds. The van der Waals surface area contributed by atoms with E-state index < -0.39 is 29.2 Å². The number of piperazine rings is 1. The quantitative estimate of drug-likeness (QED) is 0.873. The van der Waals surface area contributed by atoms with Crippen LogP contribution in [0.3, 0.4) is 0 Å². The van der Waals surface area contributed by atoms with E-state index in [2.05, 4.69) is 5.32 Å². The molecule has 0 aromatic heterocycles. The summed E-state index contributed by atoms with van der Waals surface area (Å²) >= 11 is 0. The van der Waals surface area contributed by atoms with E-state index in [4.69, 9.17) is 5.26 Å². The predicted octanol–water partition coefficient (Wildman–Crippen LogP) is 2.70. The average Bonchev–Trinajstić information content (AvgIpc) is 2.45. The van der Waals surface area contributed by atoms with Crippen LogP contribution in [0.5, 0.6) is 0 Å². The molecular formula is C14H15F4N3. The number of halogens is 4. The Labute approximate surface area is 120 Å². The molecule has 1 N–H and O–H groups in total. The molecule has 0 aliphatic carbocycles. The summed E-state index contributed by atoms with van der Waals surface area (Å²) in [5, 5.41) is 12.0. The van der Waals surface area contributed by atoms with Gasteiger partial charge in [-0.15, -0.1) is 0 Å². The summed E-state index contributed by atoms with van der Waals surface area (Å²) in [5.41, 5.74) is -1.42. The minimum atomic E-state index is -4.64. The number of rotatable bonds is 3. The third-order valence-electron chi connectivity index (χ3n) is 3.57. The first-order valence-corrected chi connectivity index (χ1v) is 6.62. The van der Waals surface area contributed by atoms with Gasteiger partial charge in [-0.1, -0.05) is 6.07 Å². The molecule has 0 spiro atoms. The first-order chi connectivity index (χ1) is 9.95. The van der Waals surface area contributed by atoms with Gasteiger partial charge in [-0.2, -0.15) is 18.4 Å². The summed E-state index contributed by atoms with van der Waals surface area (Å²) in [6.45, 7) is 2.19. The molecule has 21 heavy (non-hydrogen) atoms. The molecule has 1 heterocycles. The summed E-state index contributed by atoms with van der Waals surface area (Å²) in [6.07, 6.45) is -4.82. The Bertz CT molecular complexity index is 530. The maximum Gasteiger partial charge on any atom is 0.416 e. The second kappa shape index (κ2) is 6.41. The third-order valence-corrected chi connectivity index (χ3v) is 3.57. The smallest absolute Gasteiger partial charge is 0.314 e. The molecule has 114 valence electrons. The lowest BCUT2D eigenvalue weighted by Gasteiger charge is -2.35. The summed E-state index contributed by atoms with van der Waals surface area (Å²) in [5.74, 6) is -0.913. The van der Waals surface area contributed by atoms with E-state index in [1.54, 1.807) is 4.90 Å². The molecule has 1 aromatic carbocycles. The van der Waals surface area contributed by atoms with Gasteiger partial charge in [-0.05, 0) is 12.1 Å². The highest BCUT2D eigenvalue weighted by Gasteiger charge is 2.38. The predicted molar refractivity (Wildman–Crippen MR) is 68.8 cm³/mol. The zero-order valence-corrected chi connectivity index (χ0v) is 11.3. The van der Waals surface area contributed by atoms with E-state index in [-0.39, 0.29) is 6.42 Å². The van der Waals surface area contributed by atoms with Crippen LogP contribution in [0.25, 0.3) is 0 Å². The van der Waals surface area contributed by atoms with Gasteiger partial charge >= 0.3 is 6.18 Å². The summed E-state index contributed by atoms with van der Waals surface area (Å²) in [6, 6.07) is 3.92. The molecule has 1 aromatic rings. The van der Waals surface area contributed by atoms with E-state index >= 15 is 0 Å². The monoisotopic (exact) mass is 301 g/mol. The topological polar surface area (TPSA) is 39.1 Å². The van der Waals surface area contributed by atoms with Crippen LogP contribution in [0.1, 0.15) is 23.6 Å². The van der Waals surface area contributed by atoms with E-state index in [0.29, 0.717) is 26.2 Å². The fraction of sp³-hybridized carbons (Fsp3) is 0.500. The van der Waals surface area contributed by atoms with Crippen LogP contribution in [0.4, 0.5) is 17.6 Å². The lowest BCUT2D eigenvalue weighted by molar-refractivity contribution is -0.139. The van der Waals surface area contributed by atoms with E-state index in [1.165, 1.54) is 0 Å². The van der Waals surface area contributed by atoms with Gasteiger partial charge in [-0.25, -0.2) is 4.39 Å². The van der Waals surface area contributed by atoms with Gasteiger partial charge in [0.05, 0.1) is 24.1 Å². The van der Waals surface area contributed by atoms with E-state index in [1.807, 2.05) is 6.07 Å². The Hall–Kier alpha value is -1.65. The highest BCUT2D eigenvalue weighted by Crippen LogP contribution is 2.38. The van der Waals surface area contributed by atoms with Crippen molar-refractivity contribution < 1.29 is 17.6 Å². The zero-order valence-electron chi connectivity index (χ0n) is 11.3. The van der Waals surface area contributed by atoms with Crippen molar-refractivity contribution in [2.75, 3.05) is 26.2 Å². The molecule has 0 unspecified atom stereocenters. The first kappa shape index (κ1) is 15.7. The highest BCUT2D eigenvalue weighted by molar-refractivity contribution is 5.34. The van der Waals surface area contributed by atoms with Crippen LogP contribution in [-0.4, -0.2) is 31.1 Å². The van der Waals surface area contributed by atoms with Crippen molar-refractivity contribution in [2.45, 2.75) is 18.6 Å². The number of hydrogen-bond donors (Lipinski definition) is 1. The molecule has 1 atom stereocenters. The second-order valence-corrected chi connectivity index (χ2v) is 4.86. The Morgan fingerprint density at radius 1 is 1.29 bits per heavy atom. The average molecular weight is 301 g/mol. The second-order valence-electron chi connectivity index (χ2n) is 4.86. The van der Waals surface area contributed by atoms with Gasteiger partial charge in [0, 0.05) is 31.7 Å². The van der Waals surface area contributed by atoms with Crippen molar-refractivity contribution in [1.82, 2.24) is 10.2 Å². The SMILES string of the molecule is N#CC[C@@H](c1c(F)cccc1C(F)(F)F)N1CCNCC1. The number of nitrogens with one attached hydrogen (secondary N) is 1. The van der Waals surface area contributed by atoms with Gasteiger partial charge < -0.3 is 5.32 Å². The van der Waals surface area contributed by atoms with Gasteiger partial charge in [0.15, 0.2) is 0 Å². The highest BCUT2D eigenvalue weighted by atomic mass is 19.4. The Morgan fingerprint density at radius 3 is 2.52 bits per heavy atom. The van der Waals surface area contributed by atoms with Gasteiger partial charge in [0.1, 0.15) is 5.82 Å². The third kappa shape index (κ3) is 3.52. The standard InChI is InChI=1S/C14H15F4N3/c15-11-3-1-2-10(14(16,17)18)13(11)12(4-5-19)21-8-6-20-7-9-21/h1-3,12,20H,4,6-9H2/t12-/m0/s1. The van der Waals surface area contributed by atoms with Gasteiger partial charge in [0.25, 0.3) is 0 Å². The summed E-state index contributed by atoms with van der Waals surface area (Å²) < 4.78 is 53.4. The number of nitriles is 1. The number of nitrogens with zero attached hydrogens (tertiary/aromatic N) is 2. The number of hydrogen-bond acceptors (Lipinski definition) is 3. The molecule has 0 bridgehead atoms. The molecule has 0 radical (unpaired) electrons. The molecule has 1 aliphatic heterocycles. The van der Waals surface area contributed by atoms with Crippen molar-refractivity contribution in [3.05, 3.63) is 35.1 Å².